The Hall–Kier alpha value is -1.02. The fourth-order valence-corrected chi connectivity index (χ4v) is 3.13. The van der Waals surface area contributed by atoms with Gasteiger partial charge in [-0.15, -0.1) is 0 Å². The zero-order valence-electron chi connectivity index (χ0n) is 9.24. The summed E-state index contributed by atoms with van der Waals surface area (Å²) in [6, 6.07) is 5.95. The zero-order valence-corrected chi connectivity index (χ0v) is 10.00. The highest BCUT2D eigenvalue weighted by Gasteiger charge is 2.37. The van der Waals surface area contributed by atoms with Gasteiger partial charge in [0.25, 0.3) is 0 Å². The molecule has 0 radical (unpaired) electrons. The van der Waals surface area contributed by atoms with Gasteiger partial charge in [0.1, 0.15) is 0 Å². The average molecular weight is 236 g/mol. The molecular formula is C13H14ClNO. The van der Waals surface area contributed by atoms with Crippen LogP contribution in [0, 0.1) is 5.92 Å². The molecule has 1 aromatic rings. The number of rotatable bonds is 0. The Bertz CT molecular complexity index is 455. The lowest BCUT2D eigenvalue weighted by Gasteiger charge is -2.26. The molecule has 0 spiro atoms. The van der Waals surface area contributed by atoms with Gasteiger partial charge in [0.05, 0.1) is 12.8 Å². The molecule has 16 heavy (non-hydrogen) atoms. The number of halogens is 1. The summed E-state index contributed by atoms with van der Waals surface area (Å²) in [6.07, 6.45) is 3.66. The molecule has 0 amide bonds. The second kappa shape index (κ2) is 3.77. The van der Waals surface area contributed by atoms with Crippen molar-refractivity contribution in [1.82, 2.24) is 0 Å². The maximum absolute atomic E-state index is 6.06. The minimum Gasteiger partial charge on any atom is -0.484 e. The lowest BCUT2D eigenvalue weighted by Crippen LogP contribution is -2.22. The van der Waals surface area contributed by atoms with Gasteiger partial charge < -0.3 is 4.74 Å². The molecular weight excluding hydrogens is 222 g/mol. The van der Waals surface area contributed by atoms with Crippen LogP contribution in [0.15, 0.2) is 23.2 Å². The van der Waals surface area contributed by atoms with Crippen molar-refractivity contribution in [3.8, 4) is 0 Å². The van der Waals surface area contributed by atoms with Crippen LogP contribution in [0.5, 0.6) is 0 Å². The number of nitrogens with zero attached hydrogens (tertiary/aromatic N) is 1. The van der Waals surface area contributed by atoms with Gasteiger partial charge >= 0.3 is 0 Å². The number of methoxy groups -OCH3 is 1. The quantitative estimate of drug-likeness (QED) is 0.668. The van der Waals surface area contributed by atoms with Crippen molar-refractivity contribution in [2.45, 2.75) is 25.2 Å². The smallest absolute Gasteiger partial charge is 0.191 e. The van der Waals surface area contributed by atoms with E-state index in [-0.39, 0.29) is 0 Å². The maximum atomic E-state index is 6.06. The standard InChI is InChI=1S/C13H14ClNO/c1-16-13-10-4-2-3-9(10)11-7-8(14)5-6-12(11)15-13/h5-7,9-10H,2-4H2,1H3. The van der Waals surface area contributed by atoms with E-state index < -0.39 is 0 Å². The second-order valence-corrected chi connectivity index (χ2v) is 4.94. The van der Waals surface area contributed by atoms with E-state index in [9.17, 15) is 0 Å². The number of aliphatic imine (C=N–C) groups is 1. The first kappa shape index (κ1) is 10.2. The van der Waals surface area contributed by atoms with Crippen LogP contribution in [0.3, 0.4) is 0 Å². The highest BCUT2D eigenvalue weighted by atomic mass is 35.5. The minimum absolute atomic E-state index is 0.468. The summed E-state index contributed by atoms with van der Waals surface area (Å²) in [4.78, 5) is 4.58. The molecule has 2 aliphatic rings. The Kier molecular flexibility index (Phi) is 2.40. The molecule has 1 saturated carbocycles. The minimum atomic E-state index is 0.468. The molecule has 1 aromatic carbocycles. The molecule has 2 nitrogen and oxygen atoms in total. The van der Waals surface area contributed by atoms with Gasteiger partial charge in [-0.3, -0.25) is 0 Å². The van der Waals surface area contributed by atoms with E-state index >= 15 is 0 Å². The molecule has 3 heteroatoms. The number of hydrogen-bond acceptors (Lipinski definition) is 2. The van der Waals surface area contributed by atoms with E-state index in [0.29, 0.717) is 11.8 Å². The molecule has 0 bridgehead atoms. The van der Waals surface area contributed by atoms with Crippen LogP contribution in [0.1, 0.15) is 30.7 Å². The van der Waals surface area contributed by atoms with E-state index in [1.165, 1.54) is 24.8 Å². The molecule has 1 heterocycles. The van der Waals surface area contributed by atoms with Gasteiger partial charge in [-0.2, -0.15) is 0 Å². The van der Waals surface area contributed by atoms with Crippen LogP contribution in [-0.4, -0.2) is 13.0 Å². The highest BCUT2D eigenvalue weighted by Crippen LogP contribution is 2.47. The topological polar surface area (TPSA) is 21.6 Å². The number of ether oxygens (including phenoxy) is 1. The summed E-state index contributed by atoms with van der Waals surface area (Å²) in [5.74, 6) is 1.93. The lowest BCUT2D eigenvalue weighted by molar-refractivity contribution is 0.354. The third kappa shape index (κ3) is 1.44. The maximum Gasteiger partial charge on any atom is 0.191 e. The van der Waals surface area contributed by atoms with E-state index in [2.05, 4.69) is 11.1 Å². The van der Waals surface area contributed by atoms with E-state index in [1.807, 2.05) is 12.1 Å². The van der Waals surface area contributed by atoms with Crippen molar-refractivity contribution in [2.75, 3.05) is 7.11 Å². The summed E-state index contributed by atoms with van der Waals surface area (Å²) in [5, 5.41) is 0.806. The van der Waals surface area contributed by atoms with Gasteiger partial charge in [0.15, 0.2) is 5.90 Å². The third-order valence-electron chi connectivity index (χ3n) is 3.66. The van der Waals surface area contributed by atoms with Crippen molar-refractivity contribution in [1.29, 1.82) is 0 Å². The first-order valence-corrected chi connectivity index (χ1v) is 6.09. The molecule has 3 rings (SSSR count). The van der Waals surface area contributed by atoms with Gasteiger partial charge in [-0.1, -0.05) is 18.0 Å². The Morgan fingerprint density at radius 2 is 2.12 bits per heavy atom. The van der Waals surface area contributed by atoms with E-state index in [4.69, 9.17) is 16.3 Å². The zero-order chi connectivity index (χ0) is 11.1. The number of hydrogen-bond donors (Lipinski definition) is 0. The molecule has 0 aromatic heterocycles. The second-order valence-electron chi connectivity index (χ2n) is 4.50. The van der Waals surface area contributed by atoms with Crippen molar-refractivity contribution in [2.24, 2.45) is 10.9 Å². The van der Waals surface area contributed by atoms with Gasteiger partial charge in [-0.25, -0.2) is 4.99 Å². The predicted molar refractivity (Wildman–Crippen MR) is 65.6 cm³/mol. The molecule has 84 valence electrons. The van der Waals surface area contributed by atoms with Gasteiger partial charge in [0.2, 0.25) is 0 Å². The van der Waals surface area contributed by atoms with Crippen molar-refractivity contribution < 1.29 is 4.74 Å². The average Bonchev–Trinajstić information content (AvgIpc) is 2.77. The Morgan fingerprint density at radius 3 is 2.94 bits per heavy atom. The lowest BCUT2D eigenvalue weighted by atomic mass is 9.85. The van der Waals surface area contributed by atoms with Crippen molar-refractivity contribution in [3.05, 3.63) is 28.8 Å². The van der Waals surface area contributed by atoms with Crippen LogP contribution in [0.25, 0.3) is 0 Å². The SMILES string of the molecule is COC1=Nc2ccc(Cl)cc2C2CCCC12. The summed E-state index contributed by atoms with van der Waals surface area (Å²) in [6.45, 7) is 0. The van der Waals surface area contributed by atoms with Crippen LogP contribution < -0.4 is 0 Å². The molecule has 2 atom stereocenters. The molecule has 1 aliphatic carbocycles. The Morgan fingerprint density at radius 1 is 1.31 bits per heavy atom. The van der Waals surface area contributed by atoms with Crippen LogP contribution in [0.2, 0.25) is 5.02 Å². The molecule has 1 fully saturated rings. The third-order valence-corrected chi connectivity index (χ3v) is 3.90. The fourth-order valence-electron chi connectivity index (χ4n) is 2.95. The van der Waals surface area contributed by atoms with Crippen LogP contribution >= 0.6 is 11.6 Å². The number of benzene rings is 1. The summed E-state index contributed by atoms with van der Waals surface area (Å²) < 4.78 is 5.41. The molecule has 0 N–H and O–H groups in total. The predicted octanol–water partition coefficient (Wildman–Crippen LogP) is 3.91. The van der Waals surface area contributed by atoms with Crippen molar-refractivity contribution in [3.63, 3.8) is 0 Å². The fraction of sp³-hybridized carbons (Fsp3) is 0.462. The summed E-state index contributed by atoms with van der Waals surface area (Å²) in [5.41, 5.74) is 2.33. The first-order chi connectivity index (χ1) is 7.79. The largest absolute Gasteiger partial charge is 0.484 e. The van der Waals surface area contributed by atoms with E-state index in [0.717, 1.165) is 16.6 Å². The highest BCUT2D eigenvalue weighted by molar-refractivity contribution is 6.30. The van der Waals surface area contributed by atoms with Crippen LogP contribution in [-0.2, 0) is 4.74 Å². The first-order valence-electron chi connectivity index (χ1n) is 5.71. The molecule has 0 saturated heterocycles. The number of fused-ring (bicyclic) bond motifs is 3. The summed E-state index contributed by atoms with van der Waals surface area (Å²) >= 11 is 6.06. The monoisotopic (exact) mass is 235 g/mol. The molecule has 1 aliphatic heterocycles. The summed E-state index contributed by atoms with van der Waals surface area (Å²) in [7, 11) is 1.72. The van der Waals surface area contributed by atoms with Gasteiger partial charge in [0, 0.05) is 10.9 Å². The molecule has 2 unspecified atom stereocenters. The van der Waals surface area contributed by atoms with E-state index in [1.54, 1.807) is 7.11 Å². The Labute approximate surface area is 100 Å². The van der Waals surface area contributed by atoms with Crippen LogP contribution in [0.4, 0.5) is 5.69 Å². The normalized spacial score (nSPS) is 27.0. The van der Waals surface area contributed by atoms with Crippen molar-refractivity contribution >= 4 is 23.2 Å². The van der Waals surface area contributed by atoms with Gasteiger partial charge in [-0.05, 0) is 42.5 Å². The Balaban J connectivity index is 2.14.